The molecule has 2 nitrogen and oxygen atoms in total. The molecule has 102 valence electrons. The molecule has 0 saturated heterocycles. The van der Waals surface area contributed by atoms with Gasteiger partial charge in [0.25, 0.3) is 0 Å². The second-order valence-electron chi connectivity index (χ2n) is 4.69. The Balaban J connectivity index is 2.47. The Hall–Kier alpha value is -1.49. The van der Waals surface area contributed by atoms with Gasteiger partial charge in [0.2, 0.25) is 0 Å². The zero-order valence-corrected chi connectivity index (χ0v) is 11.2. The topological polar surface area (TPSA) is 17.8 Å². The zero-order chi connectivity index (χ0) is 14.2. The van der Waals surface area contributed by atoms with Gasteiger partial charge in [-0.15, -0.1) is 0 Å². The van der Waals surface area contributed by atoms with Crippen molar-refractivity contribution in [2.75, 3.05) is 0 Å². The fourth-order valence-corrected chi connectivity index (χ4v) is 2.02. The van der Waals surface area contributed by atoms with Crippen molar-refractivity contribution in [2.24, 2.45) is 5.92 Å². The highest BCUT2D eigenvalue weighted by molar-refractivity contribution is 6.29. The molecule has 0 saturated carbocycles. The molecule has 0 radical (unpaired) electrons. The molecule has 0 fully saturated rings. The summed E-state index contributed by atoms with van der Waals surface area (Å²) in [6, 6.07) is 2.80. The molecule has 0 aliphatic rings. The number of hydrogen-bond acceptors (Lipinski definition) is 1. The summed E-state index contributed by atoms with van der Waals surface area (Å²) in [4.78, 5) is 0. The molecule has 1 aromatic heterocycles. The number of aromatic nitrogens is 2. The van der Waals surface area contributed by atoms with E-state index >= 15 is 0 Å². The van der Waals surface area contributed by atoms with E-state index in [9.17, 15) is 13.2 Å². The molecule has 0 bridgehead atoms. The lowest BCUT2D eigenvalue weighted by atomic mass is 10.1. The Morgan fingerprint density at radius 1 is 1.11 bits per heavy atom. The SMILES string of the molecule is CC(C)Cc1cc(Cl)n(-c2cc(F)c(F)cc2F)n1. The normalized spacial score (nSPS) is 11.3. The van der Waals surface area contributed by atoms with Crippen LogP contribution in [0.15, 0.2) is 18.2 Å². The monoisotopic (exact) mass is 288 g/mol. The van der Waals surface area contributed by atoms with Crippen molar-refractivity contribution in [2.45, 2.75) is 20.3 Å². The predicted octanol–water partition coefficient (Wildman–Crippen LogP) is 4.14. The van der Waals surface area contributed by atoms with E-state index in [4.69, 9.17) is 11.6 Å². The average molecular weight is 289 g/mol. The summed E-state index contributed by atoms with van der Waals surface area (Å²) in [6.07, 6.45) is 0.665. The van der Waals surface area contributed by atoms with E-state index in [0.29, 0.717) is 24.1 Å². The summed E-state index contributed by atoms with van der Waals surface area (Å²) in [7, 11) is 0. The van der Waals surface area contributed by atoms with Gasteiger partial charge in [-0.25, -0.2) is 17.9 Å². The van der Waals surface area contributed by atoms with Crippen molar-refractivity contribution in [1.29, 1.82) is 0 Å². The Kier molecular flexibility index (Phi) is 3.85. The fourth-order valence-electron chi connectivity index (χ4n) is 1.77. The summed E-state index contributed by atoms with van der Waals surface area (Å²) in [6.45, 7) is 4.01. The second kappa shape index (κ2) is 5.25. The van der Waals surface area contributed by atoms with E-state index in [2.05, 4.69) is 5.10 Å². The molecule has 0 atom stereocenters. The van der Waals surface area contributed by atoms with Crippen LogP contribution in [0.4, 0.5) is 13.2 Å². The van der Waals surface area contributed by atoms with Crippen molar-refractivity contribution in [3.8, 4) is 5.69 Å². The number of benzene rings is 1. The average Bonchev–Trinajstić information content (AvgIpc) is 2.63. The largest absolute Gasteiger partial charge is 0.219 e. The molecule has 2 rings (SSSR count). The van der Waals surface area contributed by atoms with Crippen LogP contribution in [0.25, 0.3) is 5.69 Å². The van der Waals surface area contributed by atoms with Gasteiger partial charge in [-0.05, 0) is 18.4 Å². The molecule has 0 spiro atoms. The van der Waals surface area contributed by atoms with Crippen LogP contribution < -0.4 is 0 Å². The third-order valence-electron chi connectivity index (χ3n) is 2.55. The quantitative estimate of drug-likeness (QED) is 0.776. The van der Waals surface area contributed by atoms with Crippen LogP contribution in [0, 0.1) is 23.4 Å². The van der Waals surface area contributed by atoms with Crippen molar-refractivity contribution in [3.63, 3.8) is 0 Å². The van der Waals surface area contributed by atoms with Crippen molar-refractivity contribution in [3.05, 3.63) is 46.5 Å². The minimum absolute atomic E-state index is 0.153. The summed E-state index contributed by atoms with van der Waals surface area (Å²) in [5, 5.41) is 4.26. The molecule has 0 aliphatic heterocycles. The highest BCUT2D eigenvalue weighted by Gasteiger charge is 2.16. The molecule has 1 heterocycles. The number of nitrogens with zero attached hydrogens (tertiary/aromatic N) is 2. The first-order valence-electron chi connectivity index (χ1n) is 5.78. The smallest absolute Gasteiger partial charge is 0.161 e. The maximum Gasteiger partial charge on any atom is 0.161 e. The van der Waals surface area contributed by atoms with E-state index in [1.54, 1.807) is 6.07 Å². The van der Waals surface area contributed by atoms with E-state index < -0.39 is 17.5 Å². The third kappa shape index (κ3) is 2.92. The molecule has 0 unspecified atom stereocenters. The van der Waals surface area contributed by atoms with Gasteiger partial charge in [0.1, 0.15) is 10.8 Å². The van der Waals surface area contributed by atoms with Gasteiger partial charge >= 0.3 is 0 Å². The Bertz CT molecular complexity index is 608. The minimum Gasteiger partial charge on any atom is -0.219 e. The summed E-state index contributed by atoms with van der Waals surface area (Å²) in [5.74, 6) is -2.95. The lowest BCUT2D eigenvalue weighted by Crippen LogP contribution is -2.04. The van der Waals surface area contributed by atoms with Gasteiger partial charge in [0, 0.05) is 12.1 Å². The predicted molar refractivity (Wildman–Crippen MR) is 67.0 cm³/mol. The van der Waals surface area contributed by atoms with Gasteiger partial charge in [-0.3, -0.25) is 0 Å². The van der Waals surface area contributed by atoms with Crippen LogP contribution in [-0.2, 0) is 6.42 Å². The minimum atomic E-state index is -1.24. The molecule has 0 N–H and O–H groups in total. The Labute approximate surface area is 113 Å². The first-order chi connectivity index (χ1) is 8.88. The molecular weight excluding hydrogens is 277 g/mol. The van der Waals surface area contributed by atoms with E-state index in [1.807, 2.05) is 13.8 Å². The summed E-state index contributed by atoms with van der Waals surface area (Å²) >= 11 is 5.94. The molecule has 0 aliphatic carbocycles. The lowest BCUT2D eigenvalue weighted by molar-refractivity contribution is 0.491. The Morgan fingerprint density at radius 3 is 2.37 bits per heavy atom. The van der Waals surface area contributed by atoms with E-state index in [-0.39, 0.29) is 10.8 Å². The van der Waals surface area contributed by atoms with Crippen LogP contribution in [-0.4, -0.2) is 9.78 Å². The van der Waals surface area contributed by atoms with Crippen LogP contribution in [0.5, 0.6) is 0 Å². The number of halogens is 4. The molecule has 6 heteroatoms. The van der Waals surface area contributed by atoms with Gasteiger partial charge in [-0.2, -0.15) is 5.10 Å². The van der Waals surface area contributed by atoms with Gasteiger partial charge in [-0.1, -0.05) is 25.4 Å². The van der Waals surface area contributed by atoms with Gasteiger partial charge in [0.05, 0.1) is 5.69 Å². The maximum atomic E-state index is 13.6. The molecule has 0 amide bonds. The van der Waals surface area contributed by atoms with Crippen molar-refractivity contribution >= 4 is 11.6 Å². The highest BCUT2D eigenvalue weighted by Crippen LogP contribution is 2.23. The van der Waals surface area contributed by atoms with E-state index in [0.717, 1.165) is 10.7 Å². The lowest BCUT2D eigenvalue weighted by Gasteiger charge is -2.05. The first-order valence-corrected chi connectivity index (χ1v) is 6.15. The summed E-state index contributed by atoms with van der Waals surface area (Å²) in [5.41, 5.74) is 0.461. The maximum absolute atomic E-state index is 13.6. The standard InChI is InChI=1S/C13H12ClF3N2/c1-7(2)3-8-4-13(14)19(18-8)12-6-10(16)9(15)5-11(12)17/h4-7H,3H2,1-2H3. The van der Waals surface area contributed by atoms with Crippen LogP contribution in [0.3, 0.4) is 0 Å². The summed E-state index contributed by atoms with van der Waals surface area (Å²) < 4.78 is 40.8. The van der Waals surface area contributed by atoms with Gasteiger partial charge < -0.3 is 0 Å². The van der Waals surface area contributed by atoms with Crippen LogP contribution in [0.1, 0.15) is 19.5 Å². The van der Waals surface area contributed by atoms with Gasteiger partial charge in [0.15, 0.2) is 17.5 Å². The zero-order valence-electron chi connectivity index (χ0n) is 10.4. The van der Waals surface area contributed by atoms with Crippen LogP contribution >= 0.6 is 11.6 Å². The Morgan fingerprint density at radius 2 is 1.74 bits per heavy atom. The van der Waals surface area contributed by atoms with Crippen LogP contribution in [0.2, 0.25) is 5.15 Å². The number of hydrogen-bond donors (Lipinski definition) is 0. The van der Waals surface area contributed by atoms with E-state index in [1.165, 1.54) is 0 Å². The van der Waals surface area contributed by atoms with Crippen molar-refractivity contribution in [1.82, 2.24) is 9.78 Å². The fraction of sp³-hybridized carbons (Fsp3) is 0.308. The number of rotatable bonds is 3. The van der Waals surface area contributed by atoms with Crippen molar-refractivity contribution < 1.29 is 13.2 Å². The second-order valence-corrected chi connectivity index (χ2v) is 5.07. The first kappa shape index (κ1) is 13.9. The molecular formula is C13H12ClF3N2. The third-order valence-corrected chi connectivity index (χ3v) is 2.82. The molecule has 19 heavy (non-hydrogen) atoms. The highest BCUT2D eigenvalue weighted by atomic mass is 35.5. The molecule has 2 aromatic rings. The molecule has 1 aromatic carbocycles.